The zero-order chi connectivity index (χ0) is 12.3. The first-order valence-corrected chi connectivity index (χ1v) is 6.87. The third kappa shape index (κ3) is 1.40. The van der Waals surface area contributed by atoms with Gasteiger partial charge >= 0.3 is 0 Å². The van der Waals surface area contributed by atoms with Crippen LogP contribution in [0.4, 0.5) is 0 Å². The largest absolute Gasteiger partial charge is 0.492 e. The fourth-order valence-corrected chi connectivity index (χ4v) is 3.15. The second-order valence-electron chi connectivity index (χ2n) is 6.13. The van der Waals surface area contributed by atoms with Crippen molar-refractivity contribution in [2.24, 2.45) is 5.73 Å². The van der Waals surface area contributed by atoms with E-state index in [0.29, 0.717) is 12.1 Å². The molecule has 1 aromatic rings. The second kappa shape index (κ2) is 3.41. The highest BCUT2D eigenvalue weighted by Crippen LogP contribution is 2.59. The Kier molecular flexibility index (Phi) is 2.03. The Morgan fingerprint density at radius 3 is 2.78 bits per heavy atom. The standard InChI is InChI=1S/C15H19NO2/c1-9-2-3-12-13(15(4-5-15)8-17-12)14(9)18-11-6-10(16)7-11/h2-3,10-11H,4-8,16H2,1H3/t10-,11-. The minimum absolute atomic E-state index is 0.280. The molecule has 0 atom stereocenters. The van der Waals surface area contributed by atoms with Crippen LogP contribution >= 0.6 is 0 Å². The van der Waals surface area contributed by atoms with E-state index >= 15 is 0 Å². The molecule has 1 heterocycles. The lowest BCUT2D eigenvalue weighted by atomic mass is 9.89. The van der Waals surface area contributed by atoms with Crippen molar-refractivity contribution in [3.05, 3.63) is 23.3 Å². The van der Waals surface area contributed by atoms with Crippen LogP contribution in [0.5, 0.6) is 11.5 Å². The minimum atomic E-state index is 0.280. The van der Waals surface area contributed by atoms with Crippen LogP contribution in [0.3, 0.4) is 0 Å². The van der Waals surface area contributed by atoms with E-state index in [9.17, 15) is 0 Å². The topological polar surface area (TPSA) is 44.5 Å². The number of ether oxygens (including phenoxy) is 2. The average molecular weight is 245 g/mol. The van der Waals surface area contributed by atoms with Crippen LogP contribution in [-0.2, 0) is 5.41 Å². The molecule has 2 saturated carbocycles. The van der Waals surface area contributed by atoms with E-state index < -0.39 is 0 Å². The van der Waals surface area contributed by atoms with Gasteiger partial charge in [0, 0.05) is 17.0 Å². The van der Waals surface area contributed by atoms with Crippen LogP contribution in [0.1, 0.15) is 36.8 Å². The second-order valence-corrected chi connectivity index (χ2v) is 6.13. The third-order valence-electron chi connectivity index (χ3n) is 4.62. The molecule has 3 nitrogen and oxygen atoms in total. The summed E-state index contributed by atoms with van der Waals surface area (Å²) in [5.74, 6) is 2.12. The molecule has 0 amide bonds. The van der Waals surface area contributed by atoms with E-state index in [-0.39, 0.29) is 5.41 Å². The summed E-state index contributed by atoms with van der Waals surface area (Å²) in [7, 11) is 0. The molecule has 1 spiro atoms. The van der Waals surface area contributed by atoms with E-state index in [4.69, 9.17) is 15.2 Å². The first kappa shape index (κ1) is 10.7. The van der Waals surface area contributed by atoms with Crippen molar-refractivity contribution in [1.82, 2.24) is 0 Å². The fraction of sp³-hybridized carbons (Fsp3) is 0.600. The lowest BCUT2D eigenvalue weighted by Gasteiger charge is -2.34. The lowest BCUT2D eigenvalue weighted by Crippen LogP contribution is -2.43. The lowest BCUT2D eigenvalue weighted by molar-refractivity contribution is 0.0986. The number of hydrogen-bond acceptors (Lipinski definition) is 3. The third-order valence-corrected chi connectivity index (χ3v) is 4.62. The van der Waals surface area contributed by atoms with E-state index in [1.807, 2.05) is 0 Å². The molecule has 0 bridgehead atoms. The van der Waals surface area contributed by atoms with E-state index in [1.165, 1.54) is 24.0 Å². The van der Waals surface area contributed by atoms with Crippen molar-refractivity contribution in [3.63, 3.8) is 0 Å². The number of fused-ring (bicyclic) bond motifs is 2. The Morgan fingerprint density at radius 1 is 1.33 bits per heavy atom. The van der Waals surface area contributed by atoms with Crippen LogP contribution < -0.4 is 15.2 Å². The summed E-state index contributed by atoms with van der Waals surface area (Å²) in [4.78, 5) is 0. The van der Waals surface area contributed by atoms with Crippen LogP contribution in [0.25, 0.3) is 0 Å². The normalized spacial score (nSPS) is 30.6. The first-order valence-electron chi connectivity index (χ1n) is 6.87. The van der Waals surface area contributed by atoms with Crippen molar-refractivity contribution in [2.45, 2.75) is 50.2 Å². The molecule has 4 rings (SSSR count). The molecule has 1 aliphatic heterocycles. The molecule has 2 aliphatic carbocycles. The van der Waals surface area contributed by atoms with Gasteiger partial charge in [-0.1, -0.05) is 6.07 Å². The van der Waals surface area contributed by atoms with E-state index in [1.54, 1.807) is 0 Å². The maximum atomic E-state index is 6.21. The van der Waals surface area contributed by atoms with Gasteiger partial charge in [0.25, 0.3) is 0 Å². The highest BCUT2D eigenvalue weighted by molar-refractivity contribution is 5.58. The summed E-state index contributed by atoms with van der Waals surface area (Å²) in [5, 5.41) is 0. The number of aryl methyl sites for hydroxylation is 1. The van der Waals surface area contributed by atoms with Crippen LogP contribution in [-0.4, -0.2) is 18.8 Å². The van der Waals surface area contributed by atoms with Crippen molar-refractivity contribution in [2.75, 3.05) is 6.61 Å². The summed E-state index contributed by atoms with van der Waals surface area (Å²) in [6.45, 7) is 2.97. The van der Waals surface area contributed by atoms with Crippen LogP contribution in [0.15, 0.2) is 12.1 Å². The van der Waals surface area contributed by atoms with Gasteiger partial charge in [0.05, 0.1) is 6.61 Å². The molecule has 2 fully saturated rings. The van der Waals surface area contributed by atoms with Gasteiger partial charge in [0.15, 0.2) is 0 Å². The van der Waals surface area contributed by atoms with E-state index in [0.717, 1.165) is 30.9 Å². The summed E-state index contributed by atoms with van der Waals surface area (Å²) in [6, 6.07) is 4.53. The predicted octanol–water partition coefficient (Wildman–Crippen LogP) is 2.29. The molecule has 0 saturated heterocycles. The highest BCUT2D eigenvalue weighted by atomic mass is 16.5. The van der Waals surface area contributed by atoms with Gasteiger partial charge in [-0.05, 0) is 44.2 Å². The molecular weight excluding hydrogens is 226 g/mol. The molecule has 3 aliphatic rings. The Morgan fingerprint density at radius 2 is 2.11 bits per heavy atom. The molecule has 0 unspecified atom stereocenters. The average Bonchev–Trinajstić information content (AvgIpc) is 2.98. The maximum Gasteiger partial charge on any atom is 0.130 e. The quantitative estimate of drug-likeness (QED) is 0.869. The molecule has 96 valence electrons. The number of rotatable bonds is 2. The zero-order valence-corrected chi connectivity index (χ0v) is 10.7. The highest BCUT2D eigenvalue weighted by Gasteiger charge is 2.53. The van der Waals surface area contributed by atoms with Gasteiger partial charge in [0.1, 0.15) is 17.6 Å². The molecule has 1 aromatic carbocycles. The van der Waals surface area contributed by atoms with Crippen molar-refractivity contribution < 1.29 is 9.47 Å². The van der Waals surface area contributed by atoms with Gasteiger partial charge in [-0.2, -0.15) is 0 Å². The Labute approximate surface area is 107 Å². The smallest absolute Gasteiger partial charge is 0.130 e. The molecule has 0 aromatic heterocycles. The molecule has 0 radical (unpaired) electrons. The summed E-state index contributed by atoms with van der Waals surface area (Å²) in [5.41, 5.74) is 8.68. The maximum absolute atomic E-state index is 6.21. The molecule has 2 N–H and O–H groups in total. The van der Waals surface area contributed by atoms with Gasteiger partial charge in [-0.3, -0.25) is 0 Å². The minimum Gasteiger partial charge on any atom is -0.492 e. The van der Waals surface area contributed by atoms with Gasteiger partial charge in [0.2, 0.25) is 0 Å². The predicted molar refractivity (Wildman–Crippen MR) is 69.2 cm³/mol. The van der Waals surface area contributed by atoms with Gasteiger partial charge in [-0.15, -0.1) is 0 Å². The van der Waals surface area contributed by atoms with Crippen molar-refractivity contribution >= 4 is 0 Å². The summed E-state index contributed by atoms with van der Waals surface area (Å²) < 4.78 is 12.0. The first-order chi connectivity index (χ1) is 8.68. The monoisotopic (exact) mass is 245 g/mol. The van der Waals surface area contributed by atoms with Crippen molar-refractivity contribution in [1.29, 1.82) is 0 Å². The Hall–Kier alpha value is -1.22. The molecule has 18 heavy (non-hydrogen) atoms. The summed E-state index contributed by atoms with van der Waals surface area (Å²) >= 11 is 0. The number of hydrogen-bond donors (Lipinski definition) is 1. The molecule has 3 heteroatoms. The SMILES string of the molecule is Cc1ccc2c(c1O[C@H]1C[C@H](N)C1)C1(CC1)CO2. The van der Waals surface area contributed by atoms with Crippen LogP contribution in [0, 0.1) is 6.92 Å². The van der Waals surface area contributed by atoms with Crippen molar-refractivity contribution in [3.8, 4) is 11.5 Å². The number of nitrogens with two attached hydrogens (primary N) is 1. The number of benzene rings is 1. The fourth-order valence-electron chi connectivity index (χ4n) is 3.15. The van der Waals surface area contributed by atoms with Gasteiger partial charge in [-0.25, -0.2) is 0 Å². The Bertz CT molecular complexity index is 501. The summed E-state index contributed by atoms with van der Waals surface area (Å²) in [6.07, 6.45) is 4.75. The Balaban J connectivity index is 1.71. The van der Waals surface area contributed by atoms with E-state index in [2.05, 4.69) is 19.1 Å². The zero-order valence-electron chi connectivity index (χ0n) is 10.7. The molecular formula is C15H19NO2. The van der Waals surface area contributed by atoms with Gasteiger partial charge < -0.3 is 15.2 Å². The van der Waals surface area contributed by atoms with Crippen LogP contribution in [0.2, 0.25) is 0 Å².